The van der Waals surface area contributed by atoms with Crippen molar-refractivity contribution in [3.05, 3.63) is 83.7 Å². The lowest BCUT2D eigenvalue weighted by Crippen LogP contribution is -2.13. The highest BCUT2D eigenvalue weighted by Crippen LogP contribution is 2.31. The number of aromatic nitrogens is 1. The number of carbonyl (C=O) groups excluding carboxylic acids is 1. The van der Waals surface area contributed by atoms with Crippen LogP contribution in [0.25, 0.3) is 0 Å². The van der Waals surface area contributed by atoms with Gasteiger partial charge in [-0.2, -0.15) is 0 Å². The quantitative estimate of drug-likeness (QED) is 0.558. The fraction of sp³-hybridized carbons (Fsp3) is 0.250. The molecule has 1 atom stereocenters. The number of aliphatic hydroxyl groups excluding tert-OH is 1. The van der Waals surface area contributed by atoms with Crippen LogP contribution in [0.2, 0.25) is 0 Å². The summed E-state index contributed by atoms with van der Waals surface area (Å²) in [5.74, 6) is 1.03. The topological polar surface area (TPSA) is 80.7 Å². The number of carbonyl (C=O) groups is 1. The van der Waals surface area contributed by atoms with Gasteiger partial charge in [0.1, 0.15) is 11.5 Å². The SMILES string of the molecule is COc1ccc(C(O)CCC(=O)Nc2ccc(Cc3ccncc3)cc2)c(OC)c1. The molecule has 0 aliphatic heterocycles. The molecule has 6 heteroatoms. The molecule has 30 heavy (non-hydrogen) atoms. The largest absolute Gasteiger partial charge is 0.497 e. The van der Waals surface area contributed by atoms with E-state index in [2.05, 4.69) is 10.3 Å². The summed E-state index contributed by atoms with van der Waals surface area (Å²) in [4.78, 5) is 16.3. The predicted molar refractivity (Wildman–Crippen MR) is 116 cm³/mol. The number of ether oxygens (including phenoxy) is 2. The van der Waals surface area contributed by atoms with Crippen LogP contribution in [0.15, 0.2) is 67.0 Å². The molecule has 6 nitrogen and oxygen atoms in total. The Labute approximate surface area is 176 Å². The summed E-state index contributed by atoms with van der Waals surface area (Å²) in [6.45, 7) is 0. The van der Waals surface area contributed by atoms with Crippen LogP contribution in [0, 0.1) is 0 Å². The Hall–Kier alpha value is -3.38. The molecule has 0 bridgehead atoms. The second kappa shape index (κ2) is 10.4. The molecule has 2 aromatic carbocycles. The molecule has 1 amide bonds. The summed E-state index contributed by atoms with van der Waals surface area (Å²) >= 11 is 0. The molecule has 0 saturated carbocycles. The number of amides is 1. The maximum absolute atomic E-state index is 12.3. The summed E-state index contributed by atoms with van der Waals surface area (Å²) in [5, 5.41) is 13.4. The molecule has 3 aromatic rings. The number of pyridine rings is 1. The molecule has 0 aliphatic carbocycles. The van der Waals surface area contributed by atoms with E-state index in [4.69, 9.17) is 9.47 Å². The van der Waals surface area contributed by atoms with Crippen LogP contribution in [0.4, 0.5) is 5.69 Å². The normalized spacial score (nSPS) is 11.6. The second-order valence-electron chi connectivity index (χ2n) is 6.94. The van der Waals surface area contributed by atoms with Gasteiger partial charge in [-0.3, -0.25) is 9.78 Å². The molecular formula is C24H26N2O4. The third kappa shape index (κ3) is 5.81. The highest BCUT2D eigenvalue weighted by atomic mass is 16.5. The predicted octanol–water partition coefficient (Wildman–Crippen LogP) is 4.14. The van der Waals surface area contributed by atoms with Crippen molar-refractivity contribution in [3.8, 4) is 11.5 Å². The Morgan fingerprint density at radius 3 is 2.37 bits per heavy atom. The van der Waals surface area contributed by atoms with Gasteiger partial charge >= 0.3 is 0 Å². The van der Waals surface area contributed by atoms with Crippen LogP contribution in [-0.4, -0.2) is 30.2 Å². The number of hydrogen-bond donors (Lipinski definition) is 2. The van der Waals surface area contributed by atoms with E-state index in [9.17, 15) is 9.90 Å². The van der Waals surface area contributed by atoms with Gasteiger partial charge in [0.15, 0.2) is 0 Å². The van der Waals surface area contributed by atoms with Gasteiger partial charge in [0.05, 0.1) is 20.3 Å². The minimum atomic E-state index is -0.806. The Balaban J connectivity index is 1.52. The monoisotopic (exact) mass is 406 g/mol. The number of aliphatic hydroxyl groups is 1. The van der Waals surface area contributed by atoms with E-state index in [-0.39, 0.29) is 18.7 Å². The molecule has 0 aliphatic rings. The summed E-state index contributed by atoms with van der Waals surface area (Å²) in [6, 6.07) is 17.0. The van der Waals surface area contributed by atoms with Gasteiger partial charge in [-0.25, -0.2) is 0 Å². The molecule has 1 heterocycles. The number of methoxy groups -OCH3 is 2. The van der Waals surface area contributed by atoms with Gasteiger partial charge in [0.25, 0.3) is 0 Å². The first-order valence-corrected chi connectivity index (χ1v) is 9.76. The Morgan fingerprint density at radius 1 is 1.00 bits per heavy atom. The smallest absolute Gasteiger partial charge is 0.224 e. The van der Waals surface area contributed by atoms with Gasteiger partial charge in [0, 0.05) is 36.1 Å². The molecule has 0 fully saturated rings. The minimum absolute atomic E-state index is 0.150. The third-order valence-electron chi connectivity index (χ3n) is 4.84. The van der Waals surface area contributed by atoms with Crippen molar-refractivity contribution in [2.75, 3.05) is 19.5 Å². The van der Waals surface area contributed by atoms with Crippen molar-refractivity contribution in [3.63, 3.8) is 0 Å². The number of rotatable bonds is 9. The van der Waals surface area contributed by atoms with Crippen LogP contribution >= 0.6 is 0 Å². The molecule has 1 aromatic heterocycles. The summed E-state index contributed by atoms with van der Waals surface area (Å²) in [7, 11) is 3.11. The average Bonchev–Trinajstić information content (AvgIpc) is 2.79. The first-order chi connectivity index (χ1) is 14.6. The van der Waals surface area contributed by atoms with Crippen molar-refractivity contribution in [1.82, 2.24) is 4.98 Å². The Kier molecular flexibility index (Phi) is 7.40. The summed E-state index contributed by atoms with van der Waals surface area (Å²) in [5.41, 5.74) is 3.70. The molecule has 0 radical (unpaired) electrons. The highest BCUT2D eigenvalue weighted by Gasteiger charge is 2.16. The van der Waals surface area contributed by atoms with Crippen molar-refractivity contribution >= 4 is 11.6 Å². The zero-order chi connectivity index (χ0) is 21.3. The number of nitrogens with zero attached hydrogens (tertiary/aromatic N) is 1. The third-order valence-corrected chi connectivity index (χ3v) is 4.84. The van der Waals surface area contributed by atoms with Crippen LogP contribution in [0.3, 0.4) is 0 Å². The zero-order valence-corrected chi connectivity index (χ0v) is 17.2. The van der Waals surface area contributed by atoms with E-state index in [1.54, 1.807) is 37.7 Å². The maximum Gasteiger partial charge on any atom is 0.224 e. The molecular weight excluding hydrogens is 380 g/mol. The maximum atomic E-state index is 12.3. The van der Waals surface area contributed by atoms with E-state index in [1.165, 1.54) is 12.7 Å². The van der Waals surface area contributed by atoms with Crippen LogP contribution < -0.4 is 14.8 Å². The lowest BCUT2D eigenvalue weighted by molar-refractivity contribution is -0.116. The summed E-state index contributed by atoms with van der Waals surface area (Å²) in [6.07, 6.45) is 4.04. The lowest BCUT2D eigenvalue weighted by atomic mass is 10.0. The van der Waals surface area contributed by atoms with E-state index in [0.29, 0.717) is 17.1 Å². The van der Waals surface area contributed by atoms with Crippen molar-refractivity contribution < 1.29 is 19.4 Å². The average molecular weight is 406 g/mol. The van der Waals surface area contributed by atoms with Crippen molar-refractivity contribution in [1.29, 1.82) is 0 Å². The second-order valence-corrected chi connectivity index (χ2v) is 6.94. The standard InChI is InChI=1S/C24H26N2O4/c1-29-20-7-8-21(23(16-20)30-2)22(27)9-10-24(28)26-19-5-3-17(4-6-19)15-18-11-13-25-14-12-18/h3-8,11-14,16,22,27H,9-10,15H2,1-2H3,(H,26,28). The first-order valence-electron chi connectivity index (χ1n) is 9.76. The minimum Gasteiger partial charge on any atom is -0.497 e. The Bertz CT molecular complexity index is 959. The first kappa shape index (κ1) is 21.3. The molecule has 3 rings (SSSR count). The van der Waals surface area contributed by atoms with E-state index >= 15 is 0 Å². The lowest BCUT2D eigenvalue weighted by Gasteiger charge is -2.15. The molecule has 0 spiro atoms. The van der Waals surface area contributed by atoms with E-state index < -0.39 is 6.10 Å². The van der Waals surface area contributed by atoms with Gasteiger partial charge in [-0.1, -0.05) is 12.1 Å². The number of nitrogens with one attached hydrogen (secondary N) is 1. The molecule has 2 N–H and O–H groups in total. The molecule has 0 saturated heterocycles. The van der Waals surface area contributed by atoms with Crippen molar-refractivity contribution in [2.45, 2.75) is 25.4 Å². The fourth-order valence-electron chi connectivity index (χ4n) is 3.18. The van der Waals surface area contributed by atoms with Gasteiger partial charge < -0.3 is 19.9 Å². The van der Waals surface area contributed by atoms with E-state index in [0.717, 1.165) is 17.7 Å². The van der Waals surface area contributed by atoms with Crippen molar-refractivity contribution in [2.24, 2.45) is 0 Å². The van der Waals surface area contributed by atoms with Crippen LogP contribution in [-0.2, 0) is 11.2 Å². The van der Waals surface area contributed by atoms with Gasteiger partial charge in [-0.05, 0) is 60.4 Å². The van der Waals surface area contributed by atoms with Crippen LogP contribution in [0.1, 0.15) is 35.6 Å². The van der Waals surface area contributed by atoms with Gasteiger partial charge in [-0.15, -0.1) is 0 Å². The molecule has 156 valence electrons. The summed E-state index contributed by atoms with van der Waals surface area (Å²) < 4.78 is 10.5. The fourth-order valence-corrected chi connectivity index (χ4v) is 3.18. The zero-order valence-electron chi connectivity index (χ0n) is 17.2. The Morgan fingerprint density at radius 2 is 1.70 bits per heavy atom. The number of anilines is 1. The van der Waals surface area contributed by atoms with E-state index in [1.807, 2.05) is 36.4 Å². The van der Waals surface area contributed by atoms with Crippen LogP contribution in [0.5, 0.6) is 11.5 Å². The molecule has 1 unspecified atom stereocenters. The number of hydrogen-bond acceptors (Lipinski definition) is 5. The highest BCUT2D eigenvalue weighted by molar-refractivity contribution is 5.90. The van der Waals surface area contributed by atoms with Gasteiger partial charge in [0.2, 0.25) is 5.91 Å². The number of benzene rings is 2.